The summed E-state index contributed by atoms with van der Waals surface area (Å²) in [5.74, 6) is 1.00. The summed E-state index contributed by atoms with van der Waals surface area (Å²) in [6, 6.07) is 9.14. The largest absolute Gasteiger partial charge is 0.339 e. The molecule has 1 N–H and O–H groups in total. The van der Waals surface area contributed by atoms with Crippen LogP contribution in [0.4, 0.5) is 0 Å². The Kier molecular flexibility index (Phi) is 6.51. The zero-order chi connectivity index (χ0) is 19.3. The van der Waals surface area contributed by atoms with Crippen molar-refractivity contribution in [1.82, 2.24) is 24.4 Å². The fourth-order valence-electron chi connectivity index (χ4n) is 2.81. The van der Waals surface area contributed by atoms with Crippen LogP contribution >= 0.6 is 11.8 Å². The number of rotatable bonds is 7. The van der Waals surface area contributed by atoms with E-state index >= 15 is 0 Å². The molecule has 0 atom stereocenters. The second kappa shape index (κ2) is 8.85. The lowest BCUT2D eigenvalue weighted by Gasteiger charge is -2.34. The monoisotopic (exact) mass is 409 g/mol. The summed E-state index contributed by atoms with van der Waals surface area (Å²) in [5.41, 5.74) is 0.769. The van der Waals surface area contributed by atoms with Crippen molar-refractivity contribution in [3.05, 3.63) is 41.7 Å². The molecule has 1 saturated heterocycles. The lowest BCUT2D eigenvalue weighted by Crippen LogP contribution is -2.51. The summed E-state index contributed by atoms with van der Waals surface area (Å²) < 4.78 is 26.6. The summed E-state index contributed by atoms with van der Waals surface area (Å²) in [7, 11) is -3.37. The topological polar surface area (TPSA) is 99.3 Å². The summed E-state index contributed by atoms with van der Waals surface area (Å²) in [5, 5.41) is 7.44. The maximum Gasteiger partial charge on any atom is 0.233 e. The quantitative estimate of drug-likeness (QED) is 0.689. The molecule has 2 heterocycles. The molecule has 0 spiro atoms. The highest BCUT2D eigenvalue weighted by Gasteiger charge is 2.29. The minimum Gasteiger partial charge on any atom is -0.339 e. The molecule has 146 valence electrons. The number of aromatic nitrogens is 3. The van der Waals surface area contributed by atoms with Crippen molar-refractivity contribution < 1.29 is 13.2 Å². The van der Waals surface area contributed by atoms with Gasteiger partial charge in [0.1, 0.15) is 5.82 Å². The second-order valence-corrected chi connectivity index (χ2v) is 9.14. The zero-order valence-corrected chi connectivity index (χ0v) is 16.8. The first-order valence-corrected chi connectivity index (χ1v) is 11.4. The van der Waals surface area contributed by atoms with Gasteiger partial charge < -0.3 is 4.90 Å². The number of amides is 1. The molecule has 0 saturated carbocycles. The first-order chi connectivity index (χ1) is 13.0. The van der Waals surface area contributed by atoms with Gasteiger partial charge in [-0.1, -0.05) is 49.0 Å². The van der Waals surface area contributed by atoms with Crippen LogP contribution < -0.4 is 0 Å². The van der Waals surface area contributed by atoms with Crippen LogP contribution in [-0.4, -0.2) is 70.6 Å². The molecule has 1 aromatic carbocycles. The smallest absolute Gasteiger partial charge is 0.233 e. The average molecular weight is 410 g/mol. The van der Waals surface area contributed by atoms with E-state index in [1.807, 2.05) is 37.3 Å². The highest BCUT2D eigenvalue weighted by molar-refractivity contribution is 7.99. The van der Waals surface area contributed by atoms with Gasteiger partial charge >= 0.3 is 0 Å². The molecule has 0 aliphatic carbocycles. The Bertz CT molecular complexity index is 862. The van der Waals surface area contributed by atoms with E-state index in [0.717, 1.165) is 17.8 Å². The van der Waals surface area contributed by atoms with Gasteiger partial charge in [0.05, 0.1) is 11.5 Å². The molecule has 1 fully saturated rings. The van der Waals surface area contributed by atoms with Gasteiger partial charge in [0.25, 0.3) is 0 Å². The second-order valence-electron chi connectivity index (χ2n) is 6.23. The lowest BCUT2D eigenvalue weighted by molar-refractivity contribution is -0.129. The molecule has 8 nitrogen and oxygen atoms in total. The molecule has 1 aliphatic heterocycles. The van der Waals surface area contributed by atoms with E-state index in [-0.39, 0.29) is 17.4 Å². The third-order valence-electron chi connectivity index (χ3n) is 4.35. The Hall–Kier alpha value is -1.91. The van der Waals surface area contributed by atoms with Crippen LogP contribution in [0.3, 0.4) is 0 Å². The normalized spacial score (nSPS) is 15.8. The number of carbonyl (C=O) groups excluding carboxylic acids is 1. The number of carbonyl (C=O) groups is 1. The standard InChI is InChI=1S/C17H23N5O3S2/c1-2-15-18-17(20-19-15)26-12-16(23)21-8-10-22(11-9-21)27(24,25)13-14-6-4-3-5-7-14/h3-7H,2,8-13H2,1H3,(H,18,19,20). The van der Waals surface area contributed by atoms with Gasteiger partial charge in [0, 0.05) is 32.6 Å². The Morgan fingerprint density at radius 1 is 1.19 bits per heavy atom. The molecule has 3 rings (SSSR count). The number of nitrogens with one attached hydrogen (secondary N) is 1. The predicted molar refractivity (Wildman–Crippen MR) is 104 cm³/mol. The Morgan fingerprint density at radius 2 is 1.89 bits per heavy atom. The van der Waals surface area contributed by atoms with Crippen molar-refractivity contribution in [2.75, 3.05) is 31.9 Å². The number of piperazine rings is 1. The third-order valence-corrected chi connectivity index (χ3v) is 7.03. The maximum atomic E-state index is 12.6. The van der Waals surface area contributed by atoms with Crippen molar-refractivity contribution in [3.8, 4) is 0 Å². The fraction of sp³-hybridized carbons (Fsp3) is 0.471. The van der Waals surface area contributed by atoms with Crippen LogP contribution in [-0.2, 0) is 27.0 Å². The van der Waals surface area contributed by atoms with E-state index in [4.69, 9.17) is 0 Å². The van der Waals surface area contributed by atoms with Crippen molar-refractivity contribution in [2.24, 2.45) is 0 Å². The third kappa shape index (κ3) is 5.30. The molecule has 0 unspecified atom stereocenters. The Labute approximate surface area is 163 Å². The number of H-pyrrole nitrogens is 1. The van der Waals surface area contributed by atoms with E-state index in [9.17, 15) is 13.2 Å². The minimum atomic E-state index is -3.37. The Balaban J connectivity index is 1.48. The molecule has 1 aromatic heterocycles. The number of hydrogen-bond acceptors (Lipinski definition) is 6. The van der Waals surface area contributed by atoms with E-state index in [2.05, 4.69) is 15.2 Å². The molecule has 1 amide bonds. The van der Waals surface area contributed by atoms with Gasteiger partial charge in [0.15, 0.2) is 0 Å². The van der Waals surface area contributed by atoms with Crippen LogP contribution in [0.15, 0.2) is 35.5 Å². The summed E-state index contributed by atoms with van der Waals surface area (Å²) in [4.78, 5) is 18.3. The summed E-state index contributed by atoms with van der Waals surface area (Å²) >= 11 is 1.29. The van der Waals surface area contributed by atoms with Gasteiger partial charge in [-0.25, -0.2) is 13.4 Å². The van der Waals surface area contributed by atoms with Crippen molar-refractivity contribution in [1.29, 1.82) is 0 Å². The van der Waals surface area contributed by atoms with E-state index < -0.39 is 10.0 Å². The van der Waals surface area contributed by atoms with Crippen LogP contribution in [0.25, 0.3) is 0 Å². The number of nitrogens with zero attached hydrogens (tertiary/aromatic N) is 4. The number of benzene rings is 1. The van der Waals surface area contributed by atoms with Gasteiger partial charge in [-0.3, -0.25) is 9.89 Å². The molecule has 2 aromatic rings. The van der Waals surface area contributed by atoms with Gasteiger partial charge in [-0.15, -0.1) is 5.10 Å². The van der Waals surface area contributed by atoms with Crippen LogP contribution in [0.5, 0.6) is 0 Å². The highest BCUT2D eigenvalue weighted by atomic mass is 32.2. The van der Waals surface area contributed by atoms with Crippen LogP contribution in [0, 0.1) is 0 Å². The van der Waals surface area contributed by atoms with Gasteiger partial charge in [-0.05, 0) is 5.56 Å². The molecule has 0 bridgehead atoms. The summed E-state index contributed by atoms with van der Waals surface area (Å²) in [6.07, 6.45) is 0.765. The molecule has 0 radical (unpaired) electrons. The van der Waals surface area contributed by atoms with E-state index in [1.54, 1.807) is 4.90 Å². The number of aryl methyl sites for hydroxylation is 1. The fourth-order valence-corrected chi connectivity index (χ4v) is 5.05. The van der Waals surface area contributed by atoms with E-state index in [0.29, 0.717) is 31.3 Å². The predicted octanol–water partition coefficient (Wildman–Crippen LogP) is 1.13. The van der Waals surface area contributed by atoms with Crippen molar-refractivity contribution in [3.63, 3.8) is 0 Å². The maximum absolute atomic E-state index is 12.6. The van der Waals surface area contributed by atoms with Crippen LogP contribution in [0.2, 0.25) is 0 Å². The number of thioether (sulfide) groups is 1. The number of hydrogen-bond donors (Lipinski definition) is 1. The van der Waals surface area contributed by atoms with Crippen molar-refractivity contribution in [2.45, 2.75) is 24.3 Å². The van der Waals surface area contributed by atoms with Gasteiger partial charge in [0.2, 0.25) is 21.1 Å². The Morgan fingerprint density at radius 3 is 2.52 bits per heavy atom. The molecular weight excluding hydrogens is 386 g/mol. The number of aromatic amines is 1. The number of sulfonamides is 1. The van der Waals surface area contributed by atoms with E-state index in [1.165, 1.54) is 16.1 Å². The van der Waals surface area contributed by atoms with Crippen molar-refractivity contribution >= 4 is 27.7 Å². The molecule has 10 heteroatoms. The van der Waals surface area contributed by atoms with Gasteiger partial charge in [-0.2, -0.15) is 4.31 Å². The first kappa shape index (κ1) is 19.8. The minimum absolute atomic E-state index is 0.0117. The lowest BCUT2D eigenvalue weighted by atomic mass is 10.2. The SMILES string of the molecule is CCc1nc(SCC(=O)N2CCN(S(=O)(=O)Cc3ccccc3)CC2)n[nH]1. The zero-order valence-electron chi connectivity index (χ0n) is 15.2. The van der Waals surface area contributed by atoms with Crippen LogP contribution in [0.1, 0.15) is 18.3 Å². The highest BCUT2D eigenvalue weighted by Crippen LogP contribution is 2.16. The summed E-state index contributed by atoms with van der Waals surface area (Å²) in [6.45, 7) is 3.44. The molecular formula is C17H23N5O3S2. The average Bonchev–Trinajstić information content (AvgIpc) is 3.15. The molecule has 1 aliphatic rings. The molecule has 27 heavy (non-hydrogen) atoms. The first-order valence-electron chi connectivity index (χ1n) is 8.81.